The number of ketones is 1. The highest BCUT2D eigenvalue weighted by Crippen LogP contribution is 2.37. The van der Waals surface area contributed by atoms with Gasteiger partial charge < -0.3 is 36.3 Å². The lowest BCUT2D eigenvalue weighted by Crippen LogP contribution is -3.00. The fourth-order valence-corrected chi connectivity index (χ4v) is 5.61. The second-order valence-electron chi connectivity index (χ2n) is 9.95. The molecular formula is C30H33BrN2O4. The Labute approximate surface area is 228 Å². The molecule has 2 bridgehead atoms. The van der Waals surface area contributed by atoms with E-state index < -0.39 is 6.04 Å². The van der Waals surface area contributed by atoms with Gasteiger partial charge in [-0.1, -0.05) is 60.7 Å². The maximum atomic E-state index is 13.5. The molecule has 3 aromatic carbocycles. The van der Waals surface area contributed by atoms with Gasteiger partial charge in [-0.15, -0.1) is 0 Å². The molecule has 194 valence electrons. The Hall–Kier alpha value is -3.16. The van der Waals surface area contributed by atoms with Crippen LogP contribution in [0.25, 0.3) is 0 Å². The van der Waals surface area contributed by atoms with Crippen LogP contribution in [0.4, 0.5) is 5.69 Å². The van der Waals surface area contributed by atoms with Crippen LogP contribution in [-0.4, -0.2) is 55.6 Å². The molecule has 0 radical (unpaired) electrons. The molecule has 7 heteroatoms. The summed E-state index contributed by atoms with van der Waals surface area (Å²) < 4.78 is 12.2. The Morgan fingerprint density at radius 2 is 1.62 bits per heavy atom. The molecule has 3 heterocycles. The van der Waals surface area contributed by atoms with Crippen molar-refractivity contribution in [1.82, 2.24) is 0 Å². The lowest BCUT2D eigenvalue weighted by molar-refractivity contribution is -0.938. The zero-order chi connectivity index (χ0) is 25.0. The van der Waals surface area contributed by atoms with Crippen LogP contribution < -0.4 is 27.0 Å². The summed E-state index contributed by atoms with van der Waals surface area (Å²) in [6.45, 7) is 2.98. The molecule has 0 aromatic heterocycles. The van der Waals surface area contributed by atoms with Crippen molar-refractivity contribution in [2.24, 2.45) is 5.92 Å². The summed E-state index contributed by atoms with van der Waals surface area (Å²) in [5.41, 5.74) is 2.40. The molecule has 0 unspecified atom stereocenters. The van der Waals surface area contributed by atoms with E-state index in [0.717, 1.165) is 37.2 Å². The van der Waals surface area contributed by atoms with Crippen LogP contribution >= 0.6 is 0 Å². The molecule has 3 aliphatic heterocycles. The number of hydrogen-bond acceptors (Lipinski definition) is 5. The topological polar surface area (TPSA) is 64.6 Å². The van der Waals surface area contributed by atoms with Crippen molar-refractivity contribution in [2.45, 2.75) is 25.0 Å². The number of nitrogens with zero attached hydrogens (tertiary/aromatic N) is 1. The van der Waals surface area contributed by atoms with Crippen LogP contribution in [-0.2, 0) is 9.53 Å². The van der Waals surface area contributed by atoms with Crippen LogP contribution in [0.2, 0.25) is 0 Å². The third-order valence-electron chi connectivity index (χ3n) is 7.63. The van der Waals surface area contributed by atoms with Gasteiger partial charge in [0.2, 0.25) is 5.78 Å². The van der Waals surface area contributed by atoms with Gasteiger partial charge in [0, 0.05) is 30.0 Å². The number of carbonyl (C=O) groups excluding carboxylic acids is 2. The summed E-state index contributed by atoms with van der Waals surface area (Å²) in [6, 6.07) is 26.2. The maximum absolute atomic E-state index is 13.5. The molecule has 0 amide bonds. The first-order chi connectivity index (χ1) is 17.5. The number of hydrogen-bond donors (Lipinski definition) is 1. The van der Waals surface area contributed by atoms with E-state index in [2.05, 4.69) is 5.32 Å². The fraction of sp³-hybridized carbons (Fsp3) is 0.333. The number of anilines is 1. The number of ether oxygens (including phenoxy) is 2. The fourth-order valence-electron chi connectivity index (χ4n) is 5.61. The summed E-state index contributed by atoms with van der Waals surface area (Å²) >= 11 is 0. The summed E-state index contributed by atoms with van der Waals surface area (Å²) in [5, 5.41) is 3.36. The molecule has 37 heavy (non-hydrogen) atoms. The average Bonchev–Trinajstić information content (AvgIpc) is 2.93. The molecular weight excluding hydrogens is 532 g/mol. The van der Waals surface area contributed by atoms with Crippen LogP contribution in [0.5, 0.6) is 5.75 Å². The van der Waals surface area contributed by atoms with Crippen molar-refractivity contribution in [3.63, 3.8) is 0 Å². The third kappa shape index (κ3) is 6.22. The quantitative estimate of drug-likeness (QED) is 0.244. The first-order valence-corrected chi connectivity index (χ1v) is 12.6. The lowest BCUT2D eigenvalue weighted by Gasteiger charge is -2.51. The van der Waals surface area contributed by atoms with Crippen LogP contribution in [0.3, 0.4) is 0 Å². The predicted molar refractivity (Wildman–Crippen MR) is 139 cm³/mol. The van der Waals surface area contributed by atoms with Gasteiger partial charge in [-0.2, -0.15) is 0 Å². The molecule has 0 spiro atoms. The standard InChI is InChI=1S/C30H33N2O4.BrH/c1-35-26-14-8-11-24(19-26)27(33)20-32-17-15-22(16-18-32)28(21-32)36-30(34)29(23-9-4-2-5-10-23)31-25-12-6-3-7-13-25;/h2-14,19,22,28-29,31H,15-18,20-21H2,1H3;1H/q+1;/p-1/t22?,28-,29+,32?;/m0./s1. The Morgan fingerprint density at radius 3 is 2.30 bits per heavy atom. The smallest absolute Gasteiger partial charge is 0.333 e. The number of Topliss-reactive ketones (excluding diaryl/α,β-unsaturated/α-hetero) is 1. The number of nitrogens with one attached hydrogen (secondary N) is 1. The van der Waals surface area contributed by atoms with Gasteiger partial charge in [0.1, 0.15) is 18.8 Å². The van der Waals surface area contributed by atoms with Gasteiger partial charge in [0.25, 0.3) is 0 Å². The molecule has 2 atom stereocenters. The normalized spacial score (nSPS) is 22.8. The van der Waals surface area contributed by atoms with Gasteiger partial charge >= 0.3 is 5.97 Å². The SMILES string of the molecule is COc1cccc(C(=O)C[N+]23CCC(CC2)[C@@H](OC(=O)[C@H](Nc2ccccc2)c2ccccc2)C3)c1.[Br-]. The zero-order valence-electron chi connectivity index (χ0n) is 21.0. The number of halogens is 1. The summed E-state index contributed by atoms with van der Waals surface area (Å²) in [5.74, 6) is 0.852. The number of methoxy groups -OCH3 is 1. The van der Waals surface area contributed by atoms with Crippen molar-refractivity contribution >= 4 is 17.4 Å². The van der Waals surface area contributed by atoms with Gasteiger partial charge in [0.05, 0.1) is 20.2 Å². The van der Waals surface area contributed by atoms with Crippen LogP contribution in [0.15, 0.2) is 84.9 Å². The molecule has 3 saturated heterocycles. The third-order valence-corrected chi connectivity index (χ3v) is 7.63. The Kier molecular flexibility index (Phi) is 8.67. The lowest BCUT2D eigenvalue weighted by atomic mass is 9.82. The number of esters is 1. The van der Waals surface area contributed by atoms with Gasteiger partial charge in [-0.25, -0.2) is 4.79 Å². The number of piperidine rings is 3. The molecule has 3 aliphatic rings. The Bertz CT molecular complexity index is 1200. The predicted octanol–water partition coefficient (Wildman–Crippen LogP) is 1.89. The van der Waals surface area contributed by atoms with Crippen molar-refractivity contribution in [2.75, 3.05) is 38.6 Å². The first kappa shape index (κ1) is 26.9. The van der Waals surface area contributed by atoms with E-state index in [1.54, 1.807) is 13.2 Å². The molecule has 1 N–H and O–H groups in total. The Morgan fingerprint density at radius 1 is 0.946 bits per heavy atom. The van der Waals surface area contributed by atoms with Crippen LogP contribution in [0.1, 0.15) is 34.8 Å². The van der Waals surface area contributed by atoms with Gasteiger partial charge in [-0.05, 0) is 29.8 Å². The number of quaternary nitrogens is 1. The highest BCUT2D eigenvalue weighted by Gasteiger charge is 2.49. The largest absolute Gasteiger partial charge is 1.00 e. The van der Waals surface area contributed by atoms with Crippen molar-refractivity contribution < 1.29 is 40.5 Å². The second kappa shape index (κ2) is 11.9. The minimum Gasteiger partial charge on any atom is -1.00 e. The van der Waals surface area contributed by atoms with Crippen molar-refractivity contribution in [1.29, 1.82) is 0 Å². The molecule has 0 saturated carbocycles. The van der Waals surface area contributed by atoms with E-state index in [1.807, 2.05) is 78.9 Å². The van der Waals surface area contributed by atoms with E-state index >= 15 is 0 Å². The summed E-state index contributed by atoms with van der Waals surface area (Å²) in [4.78, 5) is 26.7. The minimum absolute atomic E-state index is 0. The molecule has 3 aromatic rings. The van der Waals surface area contributed by atoms with Crippen LogP contribution in [0, 0.1) is 5.92 Å². The second-order valence-corrected chi connectivity index (χ2v) is 9.95. The van der Waals surface area contributed by atoms with Gasteiger partial charge in [-0.3, -0.25) is 4.79 Å². The summed E-state index contributed by atoms with van der Waals surface area (Å²) in [6.07, 6.45) is 1.73. The average molecular weight is 566 g/mol. The maximum Gasteiger partial charge on any atom is 0.333 e. The minimum atomic E-state index is -0.601. The monoisotopic (exact) mass is 564 g/mol. The number of fused-ring (bicyclic) bond motifs is 3. The van der Waals surface area contributed by atoms with Gasteiger partial charge in [0.15, 0.2) is 12.1 Å². The first-order valence-electron chi connectivity index (χ1n) is 12.6. The molecule has 0 aliphatic carbocycles. The number of benzene rings is 3. The number of para-hydroxylation sites is 1. The number of carbonyl (C=O) groups is 2. The van der Waals surface area contributed by atoms with Crippen molar-refractivity contribution in [3.8, 4) is 5.75 Å². The molecule has 6 nitrogen and oxygen atoms in total. The molecule has 3 fully saturated rings. The summed E-state index contributed by atoms with van der Waals surface area (Å²) in [7, 11) is 1.61. The highest BCUT2D eigenvalue weighted by molar-refractivity contribution is 5.97. The van der Waals surface area contributed by atoms with Crippen molar-refractivity contribution in [3.05, 3.63) is 96.1 Å². The number of rotatable bonds is 9. The Balaban J connectivity index is 0.00000320. The van der Waals surface area contributed by atoms with E-state index in [-0.39, 0.29) is 34.8 Å². The highest BCUT2D eigenvalue weighted by atomic mass is 79.9. The molecule has 6 rings (SSSR count). The van der Waals surface area contributed by atoms with E-state index in [0.29, 0.717) is 34.8 Å². The van der Waals surface area contributed by atoms with E-state index in [4.69, 9.17) is 9.47 Å². The van der Waals surface area contributed by atoms with E-state index in [1.165, 1.54) is 0 Å². The zero-order valence-corrected chi connectivity index (χ0v) is 22.6. The van der Waals surface area contributed by atoms with E-state index in [9.17, 15) is 9.59 Å².